The monoisotopic (exact) mass is 303 g/mol. The van der Waals surface area contributed by atoms with E-state index in [4.69, 9.17) is 5.11 Å². The van der Waals surface area contributed by atoms with Crippen LogP contribution in [0.2, 0.25) is 0 Å². The zero-order chi connectivity index (χ0) is 15.0. The van der Waals surface area contributed by atoms with Crippen molar-refractivity contribution in [2.75, 3.05) is 11.4 Å². The van der Waals surface area contributed by atoms with E-state index >= 15 is 0 Å². The summed E-state index contributed by atoms with van der Waals surface area (Å²) in [7, 11) is 0. The number of aliphatic carboxylic acids is 1. The minimum Gasteiger partial charge on any atom is -0.481 e. The number of hydrogen-bond donors (Lipinski definition) is 1. The first-order valence-corrected chi connectivity index (χ1v) is 7.30. The molecule has 0 bridgehead atoms. The molecule has 2 heterocycles. The van der Waals surface area contributed by atoms with Crippen LogP contribution in [0, 0.1) is 12.8 Å². The molecule has 1 aromatic heterocycles. The quantitative estimate of drug-likeness (QED) is 0.937. The highest BCUT2D eigenvalue weighted by Crippen LogP contribution is 2.30. The predicted octanol–water partition coefficient (Wildman–Crippen LogP) is 1.95. The Bertz CT molecular complexity index is 713. The molecule has 21 heavy (non-hydrogen) atoms. The van der Waals surface area contributed by atoms with Gasteiger partial charge in [0.2, 0.25) is 5.91 Å². The maximum atomic E-state index is 12.0. The van der Waals surface area contributed by atoms with E-state index < -0.39 is 11.9 Å². The molecule has 7 heteroatoms. The second kappa shape index (κ2) is 5.25. The van der Waals surface area contributed by atoms with Crippen molar-refractivity contribution in [3.05, 3.63) is 29.3 Å². The molecule has 1 aliphatic rings. The van der Waals surface area contributed by atoms with E-state index in [1.165, 1.54) is 16.2 Å². The fraction of sp³-hybridized carbons (Fsp3) is 0.286. The molecule has 1 aliphatic heterocycles. The number of anilines is 1. The molecule has 0 aliphatic carbocycles. The van der Waals surface area contributed by atoms with Gasteiger partial charge in [-0.1, -0.05) is 23.5 Å². The van der Waals surface area contributed by atoms with Gasteiger partial charge in [0.15, 0.2) is 0 Å². The smallest absolute Gasteiger partial charge is 0.308 e. The fourth-order valence-electron chi connectivity index (χ4n) is 2.34. The Hall–Kier alpha value is -2.28. The van der Waals surface area contributed by atoms with Crippen LogP contribution in [-0.2, 0) is 9.59 Å². The fourth-order valence-corrected chi connectivity index (χ4v) is 3.03. The molecule has 1 amide bonds. The molecule has 0 radical (unpaired) electrons. The van der Waals surface area contributed by atoms with Crippen molar-refractivity contribution in [3.63, 3.8) is 0 Å². The van der Waals surface area contributed by atoms with Crippen molar-refractivity contribution >= 4 is 28.9 Å². The van der Waals surface area contributed by atoms with E-state index in [-0.39, 0.29) is 18.9 Å². The molecular formula is C14H13N3O3S. The summed E-state index contributed by atoms with van der Waals surface area (Å²) in [4.78, 5) is 24.5. The van der Waals surface area contributed by atoms with E-state index in [2.05, 4.69) is 10.2 Å². The van der Waals surface area contributed by atoms with Crippen LogP contribution >= 0.6 is 11.3 Å². The van der Waals surface area contributed by atoms with Crippen molar-refractivity contribution in [2.45, 2.75) is 13.3 Å². The van der Waals surface area contributed by atoms with Crippen LogP contribution in [0.15, 0.2) is 24.3 Å². The molecule has 1 atom stereocenters. The topological polar surface area (TPSA) is 83.4 Å². The average Bonchev–Trinajstić information content (AvgIpc) is 3.05. The molecule has 0 saturated carbocycles. The second-order valence-electron chi connectivity index (χ2n) is 4.92. The zero-order valence-corrected chi connectivity index (χ0v) is 12.1. The summed E-state index contributed by atoms with van der Waals surface area (Å²) in [5.74, 6) is -1.72. The number of nitrogens with zero attached hydrogens (tertiary/aromatic N) is 3. The van der Waals surface area contributed by atoms with Gasteiger partial charge in [0, 0.05) is 24.2 Å². The minimum absolute atomic E-state index is 0.0531. The van der Waals surface area contributed by atoms with Gasteiger partial charge in [0.05, 0.1) is 5.92 Å². The van der Waals surface area contributed by atoms with Gasteiger partial charge in [0.25, 0.3) is 0 Å². The van der Waals surface area contributed by atoms with Crippen LogP contribution in [-0.4, -0.2) is 33.7 Å². The van der Waals surface area contributed by atoms with Crippen molar-refractivity contribution in [1.29, 1.82) is 0 Å². The van der Waals surface area contributed by atoms with Gasteiger partial charge in [-0.05, 0) is 19.1 Å². The van der Waals surface area contributed by atoms with Gasteiger partial charge in [-0.25, -0.2) is 0 Å². The van der Waals surface area contributed by atoms with Crippen LogP contribution in [0.1, 0.15) is 11.4 Å². The molecule has 1 fully saturated rings. The molecule has 0 spiro atoms. The van der Waals surface area contributed by atoms with Crippen LogP contribution < -0.4 is 4.90 Å². The van der Waals surface area contributed by atoms with Crippen LogP contribution in [0.5, 0.6) is 0 Å². The van der Waals surface area contributed by atoms with Crippen molar-refractivity contribution < 1.29 is 14.7 Å². The van der Waals surface area contributed by atoms with Crippen LogP contribution in [0.3, 0.4) is 0 Å². The lowest BCUT2D eigenvalue weighted by molar-refractivity contribution is -0.141. The number of aryl methyl sites for hydroxylation is 1. The van der Waals surface area contributed by atoms with Gasteiger partial charge >= 0.3 is 5.97 Å². The van der Waals surface area contributed by atoms with E-state index in [9.17, 15) is 9.59 Å². The summed E-state index contributed by atoms with van der Waals surface area (Å²) in [6, 6.07) is 7.39. The molecule has 1 saturated heterocycles. The highest BCUT2D eigenvalue weighted by molar-refractivity contribution is 7.14. The Labute approximate surface area is 125 Å². The Morgan fingerprint density at radius 3 is 2.86 bits per heavy atom. The minimum atomic E-state index is -0.929. The maximum absolute atomic E-state index is 12.0. The first-order valence-electron chi connectivity index (χ1n) is 6.48. The summed E-state index contributed by atoms with van der Waals surface area (Å²) < 4.78 is 0. The lowest BCUT2D eigenvalue weighted by Gasteiger charge is -2.16. The lowest BCUT2D eigenvalue weighted by atomic mass is 10.1. The molecule has 1 aromatic carbocycles. The molecule has 6 nitrogen and oxygen atoms in total. The summed E-state index contributed by atoms with van der Waals surface area (Å²) >= 11 is 1.48. The van der Waals surface area contributed by atoms with Gasteiger partial charge in [0.1, 0.15) is 10.0 Å². The van der Waals surface area contributed by atoms with Crippen LogP contribution in [0.25, 0.3) is 10.6 Å². The Morgan fingerprint density at radius 1 is 1.43 bits per heavy atom. The highest BCUT2D eigenvalue weighted by atomic mass is 32.1. The van der Waals surface area contributed by atoms with Gasteiger partial charge < -0.3 is 10.0 Å². The molecule has 2 aromatic rings. The second-order valence-corrected chi connectivity index (χ2v) is 6.10. The number of rotatable bonds is 3. The highest BCUT2D eigenvalue weighted by Gasteiger charge is 2.35. The standard InChI is InChI=1S/C14H13N3O3S/c1-8-15-16-13(21-8)9-3-2-4-11(5-9)17-7-10(14(19)20)6-12(17)18/h2-5,10H,6-7H2,1H3,(H,19,20)/t10-/m0/s1. The number of carboxylic acid groups (broad SMARTS) is 1. The van der Waals surface area contributed by atoms with Crippen molar-refractivity contribution in [1.82, 2.24) is 10.2 Å². The molecular weight excluding hydrogens is 290 g/mol. The third-order valence-electron chi connectivity index (χ3n) is 3.41. The van der Waals surface area contributed by atoms with Crippen molar-refractivity contribution in [3.8, 4) is 10.6 Å². The number of aromatic nitrogens is 2. The average molecular weight is 303 g/mol. The third kappa shape index (κ3) is 2.64. The van der Waals surface area contributed by atoms with Crippen LogP contribution in [0.4, 0.5) is 5.69 Å². The number of carboxylic acids is 1. The number of hydrogen-bond acceptors (Lipinski definition) is 5. The van der Waals surface area contributed by atoms with Gasteiger partial charge in [-0.15, -0.1) is 10.2 Å². The van der Waals surface area contributed by atoms with E-state index in [1.54, 1.807) is 6.07 Å². The maximum Gasteiger partial charge on any atom is 0.308 e. The predicted molar refractivity (Wildman–Crippen MR) is 78.2 cm³/mol. The lowest BCUT2D eigenvalue weighted by Crippen LogP contribution is -2.25. The molecule has 1 N–H and O–H groups in total. The third-order valence-corrected chi connectivity index (χ3v) is 4.29. The Kier molecular flexibility index (Phi) is 3.42. The summed E-state index contributed by atoms with van der Waals surface area (Å²) in [5, 5.41) is 18.8. The largest absolute Gasteiger partial charge is 0.481 e. The Morgan fingerprint density at radius 2 is 2.24 bits per heavy atom. The van der Waals surface area contributed by atoms with Gasteiger partial charge in [-0.2, -0.15) is 0 Å². The molecule has 3 rings (SSSR count). The SMILES string of the molecule is Cc1nnc(-c2cccc(N3C[C@@H](C(=O)O)CC3=O)c2)s1. The zero-order valence-electron chi connectivity index (χ0n) is 11.3. The molecule has 108 valence electrons. The van der Waals surface area contributed by atoms with E-state index in [0.29, 0.717) is 5.69 Å². The normalized spacial score (nSPS) is 18.2. The first kappa shape index (κ1) is 13.7. The first-order chi connectivity index (χ1) is 10.0. The molecule has 0 unspecified atom stereocenters. The number of amides is 1. The summed E-state index contributed by atoms with van der Waals surface area (Å²) in [5.41, 5.74) is 1.58. The summed E-state index contributed by atoms with van der Waals surface area (Å²) in [6.45, 7) is 2.10. The number of carbonyl (C=O) groups excluding carboxylic acids is 1. The number of carbonyl (C=O) groups is 2. The van der Waals surface area contributed by atoms with Gasteiger partial charge in [-0.3, -0.25) is 9.59 Å². The van der Waals surface area contributed by atoms with Crippen molar-refractivity contribution in [2.24, 2.45) is 5.92 Å². The number of benzene rings is 1. The summed E-state index contributed by atoms with van der Waals surface area (Å²) in [6.07, 6.45) is 0.0531. The van der Waals surface area contributed by atoms with E-state index in [0.717, 1.165) is 15.6 Å². The Balaban J connectivity index is 1.90. The van der Waals surface area contributed by atoms with E-state index in [1.807, 2.05) is 25.1 Å².